The normalized spacial score (nSPS) is 12.2. The number of rotatable bonds is 4. The third-order valence-electron chi connectivity index (χ3n) is 2.39. The molecule has 1 aromatic carbocycles. The van der Waals surface area contributed by atoms with Crippen LogP contribution >= 0.6 is 0 Å². The van der Waals surface area contributed by atoms with Gasteiger partial charge in [-0.15, -0.1) is 0 Å². The van der Waals surface area contributed by atoms with Crippen LogP contribution in [-0.2, 0) is 6.42 Å². The minimum atomic E-state index is -0.289. The molecule has 2 aromatic rings. The van der Waals surface area contributed by atoms with Crippen LogP contribution in [0, 0.1) is 5.82 Å². The van der Waals surface area contributed by atoms with Crippen LogP contribution in [0.5, 0.6) is 11.6 Å². The van der Waals surface area contributed by atoms with Crippen LogP contribution in [0.3, 0.4) is 0 Å². The lowest BCUT2D eigenvalue weighted by Gasteiger charge is -2.07. The number of hydrogen-bond donors (Lipinski definition) is 1. The van der Waals surface area contributed by atoms with Crippen molar-refractivity contribution < 1.29 is 9.13 Å². The Bertz CT molecular complexity index is 494. The molecule has 0 spiro atoms. The van der Waals surface area contributed by atoms with Crippen molar-refractivity contribution in [1.29, 1.82) is 0 Å². The maximum absolute atomic E-state index is 12.7. The van der Waals surface area contributed by atoms with Crippen molar-refractivity contribution in [1.82, 2.24) is 4.98 Å². The Hall–Kier alpha value is -1.94. The van der Waals surface area contributed by atoms with Crippen molar-refractivity contribution in [3.05, 3.63) is 54.0 Å². The maximum Gasteiger partial charge on any atom is 0.219 e. The number of halogens is 1. The number of hydrogen-bond acceptors (Lipinski definition) is 3. The molecular weight excluding hydrogens is 231 g/mol. The third kappa shape index (κ3) is 3.53. The Morgan fingerprint density at radius 3 is 2.50 bits per heavy atom. The van der Waals surface area contributed by atoms with Gasteiger partial charge in [0.05, 0.1) is 0 Å². The van der Waals surface area contributed by atoms with Gasteiger partial charge in [-0.2, -0.15) is 0 Å². The summed E-state index contributed by atoms with van der Waals surface area (Å²) in [6.07, 6.45) is 2.52. The van der Waals surface area contributed by atoms with Crippen molar-refractivity contribution in [2.24, 2.45) is 5.73 Å². The van der Waals surface area contributed by atoms with E-state index in [9.17, 15) is 4.39 Å². The van der Waals surface area contributed by atoms with Gasteiger partial charge in [-0.25, -0.2) is 9.37 Å². The van der Waals surface area contributed by atoms with Crippen LogP contribution < -0.4 is 10.5 Å². The maximum atomic E-state index is 12.7. The Balaban J connectivity index is 2.04. The average Bonchev–Trinajstić information content (AvgIpc) is 2.34. The summed E-state index contributed by atoms with van der Waals surface area (Å²) in [7, 11) is 0. The molecule has 1 aromatic heterocycles. The largest absolute Gasteiger partial charge is 0.439 e. The predicted molar refractivity (Wildman–Crippen MR) is 68.1 cm³/mol. The van der Waals surface area contributed by atoms with E-state index in [-0.39, 0.29) is 11.9 Å². The summed E-state index contributed by atoms with van der Waals surface area (Å²) in [5.74, 6) is 0.751. The molecule has 0 aliphatic carbocycles. The molecule has 1 heterocycles. The fourth-order valence-electron chi connectivity index (χ4n) is 1.59. The second-order valence-corrected chi connectivity index (χ2v) is 4.24. The van der Waals surface area contributed by atoms with E-state index in [2.05, 4.69) is 4.98 Å². The molecule has 2 rings (SSSR count). The zero-order chi connectivity index (χ0) is 13.0. The minimum absolute atomic E-state index is 0.107. The standard InChI is InChI=1S/C14H15FN2O/c1-10(16)8-11-2-7-14(17-9-11)18-13-5-3-12(15)4-6-13/h2-7,9-10H,8,16H2,1H3. The summed E-state index contributed by atoms with van der Waals surface area (Å²) in [6, 6.07) is 9.63. The van der Waals surface area contributed by atoms with E-state index in [4.69, 9.17) is 10.5 Å². The molecule has 0 bridgehead atoms. The van der Waals surface area contributed by atoms with E-state index in [0.29, 0.717) is 11.6 Å². The highest BCUT2D eigenvalue weighted by Gasteiger charge is 2.01. The summed E-state index contributed by atoms with van der Waals surface area (Å²) in [5, 5.41) is 0. The van der Waals surface area contributed by atoms with Gasteiger partial charge < -0.3 is 10.5 Å². The number of nitrogens with two attached hydrogens (primary N) is 1. The van der Waals surface area contributed by atoms with Gasteiger partial charge in [0, 0.05) is 18.3 Å². The number of pyridine rings is 1. The Kier molecular flexibility index (Phi) is 3.89. The summed E-state index contributed by atoms with van der Waals surface area (Å²) in [5.41, 5.74) is 6.77. The van der Waals surface area contributed by atoms with Crippen molar-refractivity contribution >= 4 is 0 Å². The highest BCUT2D eigenvalue weighted by Crippen LogP contribution is 2.19. The van der Waals surface area contributed by atoms with Crippen LogP contribution in [0.4, 0.5) is 4.39 Å². The fraction of sp³-hybridized carbons (Fsp3) is 0.214. The molecule has 1 unspecified atom stereocenters. The molecule has 0 aliphatic rings. The lowest BCUT2D eigenvalue weighted by atomic mass is 10.1. The van der Waals surface area contributed by atoms with E-state index in [1.165, 1.54) is 12.1 Å². The summed E-state index contributed by atoms with van der Waals surface area (Å²) in [6.45, 7) is 1.95. The molecule has 94 valence electrons. The van der Waals surface area contributed by atoms with E-state index in [1.807, 2.05) is 13.0 Å². The van der Waals surface area contributed by atoms with Gasteiger partial charge in [-0.3, -0.25) is 0 Å². The lowest BCUT2D eigenvalue weighted by Crippen LogP contribution is -2.17. The molecule has 0 amide bonds. The second kappa shape index (κ2) is 5.60. The number of benzene rings is 1. The van der Waals surface area contributed by atoms with E-state index >= 15 is 0 Å². The van der Waals surface area contributed by atoms with E-state index in [1.54, 1.807) is 24.4 Å². The third-order valence-corrected chi connectivity index (χ3v) is 2.39. The molecule has 4 heteroatoms. The smallest absolute Gasteiger partial charge is 0.219 e. The first-order chi connectivity index (χ1) is 8.63. The number of aromatic nitrogens is 1. The summed E-state index contributed by atoms with van der Waals surface area (Å²) in [4.78, 5) is 4.18. The van der Waals surface area contributed by atoms with Gasteiger partial charge in [0.1, 0.15) is 11.6 Å². The van der Waals surface area contributed by atoms with Gasteiger partial charge in [0.25, 0.3) is 0 Å². The SMILES string of the molecule is CC(N)Cc1ccc(Oc2ccc(F)cc2)nc1. The van der Waals surface area contributed by atoms with Crippen molar-refractivity contribution in [2.45, 2.75) is 19.4 Å². The number of nitrogens with zero attached hydrogens (tertiary/aromatic N) is 1. The van der Waals surface area contributed by atoms with Crippen LogP contribution in [0.15, 0.2) is 42.6 Å². The monoisotopic (exact) mass is 246 g/mol. The molecule has 0 aliphatic heterocycles. The second-order valence-electron chi connectivity index (χ2n) is 4.24. The minimum Gasteiger partial charge on any atom is -0.439 e. The molecule has 2 N–H and O–H groups in total. The number of ether oxygens (including phenoxy) is 1. The molecular formula is C14H15FN2O. The van der Waals surface area contributed by atoms with Gasteiger partial charge in [-0.1, -0.05) is 6.07 Å². The first-order valence-electron chi connectivity index (χ1n) is 5.77. The van der Waals surface area contributed by atoms with Crippen molar-refractivity contribution in [2.75, 3.05) is 0 Å². The molecule has 0 saturated heterocycles. The predicted octanol–water partition coefficient (Wildman–Crippen LogP) is 2.90. The topological polar surface area (TPSA) is 48.1 Å². The molecule has 0 saturated carbocycles. The van der Waals surface area contributed by atoms with Crippen LogP contribution in [0.25, 0.3) is 0 Å². The van der Waals surface area contributed by atoms with Crippen molar-refractivity contribution in [3.8, 4) is 11.6 Å². The highest BCUT2D eigenvalue weighted by molar-refractivity contribution is 5.28. The first-order valence-corrected chi connectivity index (χ1v) is 5.77. The first kappa shape index (κ1) is 12.5. The average molecular weight is 246 g/mol. The lowest BCUT2D eigenvalue weighted by molar-refractivity contribution is 0.460. The van der Waals surface area contributed by atoms with E-state index < -0.39 is 0 Å². The highest BCUT2D eigenvalue weighted by atomic mass is 19.1. The summed E-state index contributed by atoms with van der Waals surface area (Å²) >= 11 is 0. The summed E-state index contributed by atoms with van der Waals surface area (Å²) < 4.78 is 18.2. The fourth-order valence-corrected chi connectivity index (χ4v) is 1.59. The zero-order valence-corrected chi connectivity index (χ0v) is 10.1. The Labute approximate surface area is 105 Å². The Morgan fingerprint density at radius 2 is 1.94 bits per heavy atom. The van der Waals surface area contributed by atoms with Crippen molar-refractivity contribution in [3.63, 3.8) is 0 Å². The van der Waals surface area contributed by atoms with Gasteiger partial charge in [0.15, 0.2) is 0 Å². The van der Waals surface area contributed by atoms with E-state index in [0.717, 1.165) is 12.0 Å². The van der Waals surface area contributed by atoms with Gasteiger partial charge in [0.2, 0.25) is 5.88 Å². The van der Waals surface area contributed by atoms with Gasteiger partial charge in [-0.05, 0) is 43.2 Å². The zero-order valence-electron chi connectivity index (χ0n) is 10.1. The Morgan fingerprint density at radius 1 is 1.22 bits per heavy atom. The van der Waals surface area contributed by atoms with Crippen LogP contribution in [0.2, 0.25) is 0 Å². The molecule has 1 atom stereocenters. The quantitative estimate of drug-likeness (QED) is 0.902. The van der Waals surface area contributed by atoms with Crippen LogP contribution in [-0.4, -0.2) is 11.0 Å². The molecule has 0 fully saturated rings. The van der Waals surface area contributed by atoms with Crippen LogP contribution in [0.1, 0.15) is 12.5 Å². The molecule has 0 radical (unpaired) electrons. The van der Waals surface area contributed by atoms with Gasteiger partial charge >= 0.3 is 0 Å². The molecule has 3 nitrogen and oxygen atoms in total. The molecule has 18 heavy (non-hydrogen) atoms.